The molecule has 2 heterocycles. The Morgan fingerprint density at radius 1 is 1.41 bits per heavy atom. The summed E-state index contributed by atoms with van der Waals surface area (Å²) in [4.78, 5) is 13.1. The maximum Gasteiger partial charge on any atom is 0.218 e. The zero-order valence-electron chi connectivity index (χ0n) is 9.31. The molecule has 2 aromatic heterocycles. The Labute approximate surface area is 108 Å². The van der Waals surface area contributed by atoms with Crippen LogP contribution in [0.2, 0.25) is 0 Å². The van der Waals surface area contributed by atoms with E-state index >= 15 is 0 Å². The highest BCUT2D eigenvalue weighted by atomic mass is 32.1. The third-order valence-corrected chi connectivity index (χ3v) is 4.16. The molecule has 0 fully saturated rings. The van der Waals surface area contributed by atoms with Crippen LogP contribution in [0.15, 0.2) is 29.0 Å². The number of carbonyl (C=O) groups is 1. The van der Waals surface area contributed by atoms with Gasteiger partial charge in [-0.1, -0.05) is 6.07 Å². The van der Waals surface area contributed by atoms with Gasteiger partial charge in [0.1, 0.15) is 0 Å². The van der Waals surface area contributed by atoms with E-state index in [0.29, 0.717) is 13.0 Å². The van der Waals surface area contributed by atoms with Crippen molar-refractivity contribution in [1.29, 1.82) is 0 Å². The van der Waals surface area contributed by atoms with Crippen molar-refractivity contribution in [3.63, 3.8) is 0 Å². The fourth-order valence-electron chi connectivity index (χ4n) is 1.47. The average Bonchev–Trinajstić information content (AvgIpc) is 2.94. The summed E-state index contributed by atoms with van der Waals surface area (Å²) >= 11 is 3.48. The molecular weight excluding hydrogens is 252 g/mol. The molecule has 1 amide bonds. The second-order valence-electron chi connectivity index (χ2n) is 3.67. The highest BCUT2D eigenvalue weighted by molar-refractivity contribution is 7.14. The zero-order chi connectivity index (χ0) is 12.1. The molecular formula is C12H14N2OS2. The molecule has 90 valence electrons. The predicted octanol–water partition coefficient (Wildman–Crippen LogP) is 2.44. The lowest BCUT2D eigenvalue weighted by atomic mass is 10.2. The summed E-state index contributed by atoms with van der Waals surface area (Å²) in [7, 11) is 0. The maximum atomic E-state index is 10.6. The van der Waals surface area contributed by atoms with E-state index in [4.69, 9.17) is 5.73 Å². The minimum Gasteiger partial charge on any atom is -0.370 e. The van der Waals surface area contributed by atoms with Crippen LogP contribution >= 0.6 is 22.7 Å². The second-order valence-corrected chi connectivity index (χ2v) is 5.62. The molecule has 0 aliphatic carbocycles. The first-order valence-corrected chi connectivity index (χ1v) is 7.12. The van der Waals surface area contributed by atoms with Gasteiger partial charge in [-0.05, 0) is 22.9 Å². The molecule has 0 radical (unpaired) electrons. The molecule has 2 rings (SSSR count). The Kier molecular flexibility index (Phi) is 4.30. The number of thiophene rings is 2. The standard InChI is InChI=1S/C12H14N2OS2/c13-12(15)3-4-14-7-10-6-9(8-17-10)11-2-1-5-16-11/h1-2,5-6,8,14H,3-4,7H2,(H2,13,15). The van der Waals surface area contributed by atoms with Crippen LogP contribution in [0.3, 0.4) is 0 Å². The van der Waals surface area contributed by atoms with E-state index in [-0.39, 0.29) is 5.91 Å². The number of hydrogen-bond acceptors (Lipinski definition) is 4. The summed E-state index contributed by atoms with van der Waals surface area (Å²) in [6.45, 7) is 1.44. The highest BCUT2D eigenvalue weighted by Crippen LogP contribution is 2.29. The third kappa shape index (κ3) is 3.66. The topological polar surface area (TPSA) is 55.1 Å². The monoisotopic (exact) mass is 266 g/mol. The van der Waals surface area contributed by atoms with Crippen molar-refractivity contribution in [2.24, 2.45) is 5.73 Å². The zero-order valence-corrected chi connectivity index (χ0v) is 10.9. The van der Waals surface area contributed by atoms with E-state index in [1.54, 1.807) is 22.7 Å². The minimum atomic E-state index is -0.261. The lowest BCUT2D eigenvalue weighted by Crippen LogP contribution is -2.21. The number of primary amides is 1. The lowest BCUT2D eigenvalue weighted by Gasteiger charge is -1.99. The second kappa shape index (κ2) is 5.95. The summed E-state index contributed by atoms with van der Waals surface area (Å²) in [5.74, 6) is -0.261. The van der Waals surface area contributed by atoms with Crippen LogP contribution in [0.5, 0.6) is 0 Å². The van der Waals surface area contributed by atoms with Gasteiger partial charge in [0.15, 0.2) is 0 Å². The van der Waals surface area contributed by atoms with Crippen molar-refractivity contribution in [2.75, 3.05) is 6.54 Å². The van der Waals surface area contributed by atoms with Gasteiger partial charge in [0.25, 0.3) is 0 Å². The molecule has 0 aliphatic heterocycles. The molecule has 0 saturated heterocycles. The lowest BCUT2D eigenvalue weighted by molar-refractivity contribution is -0.117. The van der Waals surface area contributed by atoms with Gasteiger partial charge in [0.05, 0.1) is 0 Å². The number of nitrogens with one attached hydrogen (secondary N) is 1. The van der Waals surface area contributed by atoms with E-state index < -0.39 is 0 Å². The van der Waals surface area contributed by atoms with Crippen LogP contribution in [0.4, 0.5) is 0 Å². The van der Waals surface area contributed by atoms with Crippen LogP contribution < -0.4 is 11.1 Å². The van der Waals surface area contributed by atoms with E-state index in [9.17, 15) is 4.79 Å². The van der Waals surface area contributed by atoms with Crippen molar-refractivity contribution in [1.82, 2.24) is 5.32 Å². The van der Waals surface area contributed by atoms with E-state index in [1.165, 1.54) is 15.3 Å². The average molecular weight is 266 g/mol. The molecule has 0 aliphatic rings. The largest absolute Gasteiger partial charge is 0.370 e. The summed E-state index contributed by atoms with van der Waals surface area (Å²) in [5.41, 5.74) is 6.34. The number of hydrogen-bond donors (Lipinski definition) is 2. The van der Waals surface area contributed by atoms with Crippen LogP contribution in [-0.2, 0) is 11.3 Å². The van der Waals surface area contributed by atoms with Crippen molar-refractivity contribution >= 4 is 28.6 Å². The molecule has 17 heavy (non-hydrogen) atoms. The van der Waals surface area contributed by atoms with Crippen molar-refractivity contribution < 1.29 is 4.79 Å². The molecule has 0 aromatic carbocycles. The molecule has 3 N–H and O–H groups in total. The normalized spacial score (nSPS) is 10.6. The smallest absolute Gasteiger partial charge is 0.218 e. The molecule has 0 unspecified atom stereocenters. The van der Waals surface area contributed by atoms with E-state index in [0.717, 1.165) is 6.54 Å². The molecule has 2 aromatic rings. The fourth-order valence-corrected chi connectivity index (χ4v) is 3.11. The van der Waals surface area contributed by atoms with Crippen molar-refractivity contribution in [2.45, 2.75) is 13.0 Å². The molecule has 0 bridgehead atoms. The minimum absolute atomic E-state index is 0.261. The maximum absolute atomic E-state index is 10.6. The Morgan fingerprint density at radius 2 is 2.29 bits per heavy atom. The molecule has 0 spiro atoms. The van der Waals surface area contributed by atoms with Gasteiger partial charge in [0, 0.05) is 34.8 Å². The van der Waals surface area contributed by atoms with Crippen LogP contribution in [0.1, 0.15) is 11.3 Å². The summed E-state index contributed by atoms with van der Waals surface area (Å²) in [6, 6.07) is 6.37. The van der Waals surface area contributed by atoms with Gasteiger partial charge < -0.3 is 11.1 Å². The van der Waals surface area contributed by atoms with Gasteiger partial charge in [-0.25, -0.2) is 0 Å². The first-order chi connectivity index (χ1) is 8.25. The summed E-state index contributed by atoms with van der Waals surface area (Å²) < 4.78 is 0. The van der Waals surface area contributed by atoms with Crippen LogP contribution in [0.25, 0.3) is 10.4 Å². The van der Waals surface area contributed by atoms with E-state index in [2.05, 4.69) is 34.3 Å². The van der Waals surface area contributed by atoms with Gasteiger partial charge in [-0.3, -0.25) is 4.79 Å². The van der Waals surface area contributed by atoms with Crippen LogP contribution in [-0.4, -0.2) is 12.5 Å². The van der Waals surface area contributed by atoms with Gasteiger partial charge in [-0.15, -0.1) is 22.7 Å². The summed E-state index contributed by atoms with van der Waals surface area (Å²) in [6.07, 6.45) is 0.392. The third-order valence-electron chi connectivity index (χ3n) is 2.31. The number of carbonyl (C=O) groups excluding carboxylic acids is 1. The Hall–Kier alpha value is -1.17. The predicted molar refractivity (Wildman–Crippen MR) is 73.2 cm³/mol. The SMILES string of the molecule is NC(=O)CCNCc1cc(-c2cccs2)cs1. The first-order valence-electron chi connectivity index (χ1n) is 5.36. The Balaban J connectivity index is 1.84. The molecule has 0 atom stereocenters. The quantitative estimate of drug-likeness (QED) is 0.789. The molecule has 0 saturated carbocycles. The van der Waals surface area contributed by atoms with Crippen LogP contribution in [0, 0.1) is 0 Å². The van der Waals surface area contributed by atoms with Crippen molar-refractivity contribution in [3.8, 4) is 10.4 Å². The highest BCUT2D eigenvalue weighted by Gasteiger charge is 2.03. The first kappa shape index (κ1) is 12.3. The number of amides is 1. The van der Waals surface area contributed by atoms with Gasteiger partial charge in [0.2, 0.25) is 5.91 Å². The van der Waals surface area contributed by atoms with Crippen molar-refractivity contribution in [3.05, 3.63) is 33.8 Å². The van der Waals surface area contributed by atoms with Gasteiger partial charge in [-0.2, -0.15) is 0 Å². The number of rotatable bonds is 6. The van der Waals surface area contributed by atoms with Gasteiger partial charge >= 0.3 is 0 Å². The molecule has 3 nitrogen and oxygen atoms in total. The Morgan fingerprint density at radius 3 is 3.00 bits per heavy atom. The Bertz CT molecular complexity index is 476. The van der Waals surface area contributed by atoms with E-state index in [1.807, 2.05) is 0 Å². The summed E-state index contributed by atoms with van der Waals surface area (Å²) in [5, 5.41) is 7.45. The number of nitrogens with two attached hydrogens (primary N) is 1. The molecule has 5 heteroatoms. The fraction of sp³-hybridized carbons (Fsp3) is 0.250.